The van der Waals surface area contributed by atoms with Gasteiger partial charge in [0.2, 0.25) is 0 Å². The van der Waals surface area contributed by atoms with Crippen LogP contribution in [-0.2, 0) is 6.42 Å². The lowest BCUT2D eigenvalue weighted by Gasteiger charge is -2.27. The third-order valence-corrected chi connectivity index (χ3v) is 4.26. The van der Waals surface area contributed by atoms with Crippen molar-refractivity contribution in [2.24, 2.45) is 5.92 Å². The van der Waals surface area contributed by atoms with Crippen LogP contribution in [0.3, 0.4) is 0 Å². The first-order valence-electron chi connectivity index (χ1n) is 8.52. The average molecular weight is 275 g/mol. The molecule has 1 nitrogen and oxygen atoms in total. The summed E-state index contributed by atoms with van der Waals surface area (Å²) in [5.74, 6) is 0.761. The van der Waals surface area contributed by atoms with Crippen molar-refractivity contribution in [2.75, 3.05) is 7.05 Å². The Morgan fingerprint density at radius 3 is 1.95 bits per heavy atom. The van der Waals surface area contributed by atoms with E-state index in [1.165, 1.54) is 56.1 Å². The smallest absolute Gasteiger partial charge is 0.0346 e. The Hall–Kier alpha value is -0.820. The van der Waals surface area contributed by atoms with E-state index in [9.17, 15) is 0 Å². The maximum atomic E-state index is 3.55. The van der Waals surface area contributed by atoms with Crippen LogP contribution < -0.4 is 5.32 Å². The van der Waals surface area contributed by atoms with Gasteiger partial charge in [0.25, 0.3) is 0 Å². The molecule has 0 saturated carbocycles. The van der Waals surface area contributed by atoms with E-state index in [1.54, 1.807) is 0 Å². The highest BCUT2D eigenvalue weighted by molar-refractivity contribution is 5.25. The maximum absolute atomic E-state index is 3.55. The van der Waals surface area contributed by atoms with Gasteiger partial charge in [0.1, 0.15) is 0 Å². The molecule has 0 radical (unpaired) electrons. The maximum Gasteiger partial charge on any atom is 0.0346 e. The topological polar surface area (TPSA) is 12.0 Å². The molecule has 20 heavy (non-hydrogen) atoms. The summed E-state index contributed by atoms with van der Waals surface area (Å²) in [6, 6.07) is 9.83. The van der Waals surface area contributed by atoms with Crippen LogP contribution in [0.4, 0.5) is 0 Å². The fourth-order valence-electron chi connectivity index (χ4n) is 3.17. The van der Waals surface area contributed by atoms with Crippen molar-refractivity contribution in [3.05, 3.63) is 35.4 Å². The molecule has 0 amide bonds. The van der Waals surface area contributed by atoms with Crippen molar-refractivity contribution < 1.29 is 0 Å². The second-order valence-corrected chi connectivity index (χ2v) is 5.95. The minimum atomic E-state index is 0.509. The zero-order valence-electron chi connectivity index (χ0n) is 13.9. The van der Waals surface area contributed by atoms with Gasteiger partial charge < -0.3 is 5.32 Å². The Labute approximate surface area is 126 Å². The molecule has 114 valence electrons. The molecular formula is C19H33N. The van der Waals surface area contributed by atoms with Crippen molar-refractivity contribution in [1.82, 2.24) is 5.32 Å². The van der Waals surface area contributed by atoms with Crippen LogP contribution >= 0.6 is 0 Å². The predicted molar refractivity (Wildman–Crippen MR) is 90.2 cm³/mol. The van der Waals surface area contributed by atoms with Crippen LogP contribution in [0.25, 0.3) is 0 Å². The summed E-state index contributed by atoms with van der Waals surface area (Å²) >= 11 is 0. The van der Waals surface area contributed by atoms with E-state index in [0.29, 0.717) is 6.04 Å². The quantitative estimate of drug-likeness (QED) is 0.594. The van der Waals surface area contributed by atoms with Crippen LogP contribution in [-0.4, -0.2) is 7.05 Å². The van der Waals surface area contributed by atoms with Crippen LogP contribution in [0.15, 0.2) is 24.3 Å². The van der Waals surface area contributed by atoms with Crippen molar-refractivity contribution >= 4 is 0 Å². The molecule has 1 heteroatoms. The number of unbranched alkanes of at least 4 members (excludes halogenated alkanes) is 1. The van der Waals surface area contributed by atoms with Crippen molar-refractivity contribution in [3.63, 3.8) is 0 Å². The molecule has 0 bridgehead atoms. The van der Waals surface area contributed by atoms with Gasteiger partial charge in [-0.2, -0.15) is 0 Å². The van der Waals surface area contributed by atoms with Gasteiger partial charge >= 0.3 is 0 Å². The normalized spacial score (nSPS) is 12.8. The summed E-state index contributed by atoms with van der Waals surface area (Å²) < 4.78 is 0. The molecule has 1 unspecified atom stereocenters. The molecule has 1 atom stereocenters. The molecule has 1 N–H and O–H groups in total. The number of rotatable bonds is 10. The number of hydrogen-bond acceptors (Lipinski definition) is 1. The van der Waals surface area contributed by atoms with Gasteiger partial charge in [-0.25, -0.2) is 0 Å². The molecule has 1 aromatic rings. The second kappa shape index (κ2) is 9.99. The van der Waals surface area contributed by atoms with Crippen LogP contribution in [0.5, 0.6) is 0 Å². The molecule has 0 aliphatic heterocycles. The number of benzene rings is 1. The first-order valence-corrected chi connectivity index (χ1v) is 8.52. The summed E-state index contributed by atoms with van der Waals surface area (Å²) in [6.45, 7) is 6.85. The predicted octanol–water partition coefficient (Wildman–Crippen LogP) is 5.51. The van der Waals surface area contributed by atoms with E-state index < -0.39 is 0 Å². The van der Waals surface area contributed by atoms with Gasteiger partial charge in [0.15, 0.2) is 0 Å². The first kappa shape index (κ1) is 17.2. The van der Waals surface area contributed by atoms with Gasteiger partial charge in [-0.3, -0.25) is 0 Å². The van der Waals surface area contributed by atoms with E-state index in [2.05, 4.69) is 57.4 Å². The van der Waals surface area contributed by atoms with E-state index in [0.717, 1.165) is 5.92 Å². The first-order chi connectivity index (χ1) is 9.76. The highest BCUT2D eigenvalue weighted by atomic mass is 14.9. The van der Waals surface area contributed by atoms with E-state index in [4.69, 9.17) is 0 Å². The van der Waals surface area contributed by atoms with Crippen molar-refractivity contribution in [1.29, 1.82) is 0 Å². The third-order valence-electron chi connectivity index (χ3n) is 4.26. The Balaban J connectivity index is 2.76. The third kappa shape index (κ3) is 5.28. The Kier molecular flexibility index (Phi) is 8.60. The van der Waals surface area contributed by atoms with Gasteiger partial charge in [0.05, 0.1) is 0 Å². The highest BCUT2D eigenvalue weighted by Gasteiger charge is 2.20. The summed E-state index contributed by atoms with van der Waals surface area (Å²) in [4.78, 5) is 0. The lowest BCUT2D eigenvalue weighted by molar-refractivity contribution is 0.331. The molecule has 0 aliphatic rings. The zero-order valence-corrected chi connectivity index (χ0v) is 13.9. The molecule has 0 aliphatic carbocycles. The van der Waals surface area contributed by atoms with E-state index >= 15 is 0 Å². The zero-order chi connectivity index (χ0) is 14.8. The Morgan fingerprint density at radius 1 is 0.900 bits per heavy atom. The van der Waals surface area contributed by atoms with Gasteiger partial charge in [-0.1, -0.05) is 64.3 Å². The standard InChI is InChI=1S/C19H33N/c1-5-8-11-16-12-14-18(15-13-16)19(20-4)17(9-6-2)10-7-3/h12-15,17,19-20H,5-11H2,1-4H3. The minimum Gasteiger partial charge on any atom is -0.313 e. The van der Waals surface area contributed by atoms with Crippen LogP contribution in [0, 0.1) is 5.92 Å². The SMILES string of the molecule is CCCCc1ccc(C(NC)C(CCC)CCC)cc1. The van der Waals surface area contributed by atoms with Gasteiger partial charge in [-0.05, 0) is 49.8 Å². The summed E-state index contributed by atoms with van der Waals surface area (Å²) in [7, 11) is 2.11. The number of nitrogens with one attached hydrogen (secondary N) is 1. The molecule has 0 spiro atoms. The second-order valence-electron chi connectivity index (χ2n) is 5.95. The van der Waals surface area contributed by atoms with Crippen molar-refractivity contribution in [3.8, 4) is 0 Å². The lowest BCUT2D eigenvalue weighted by atomic mass is 9.86. The molecule has 1 rings (SSSR count). The number of aryl methyl sites for hydroxylation is 1. The summed E-state index contributed by atoms with van der Waals surface area (Å²) in [5, 5.41) is 3.55. The average Bonchev–Trinajstić information content (AvgIpc) is 2.47. The van der Waals surface area contributed by atoms with Gasteiger partial charge in [0, 0.05) is 6.04 Å². The van der Waals surface area contributed by atoms with Crippen molar-refractivity contribution in [2.45, 2.75) is 71.8 Å². The van der Waals surface area contributed by atoms with E-state index in [1.807, 2.05) is 0 Å². The van der Waals surface area contributed by atoms with Crippen LogP contribution in [0.2, 0.25) is 0 Å². The molecule has 1 aromatic carbocycles. The summed E-state index contributed by atoms with van der Waals surface area (Å²) in [5.41, 5.74) is 2.94. The molecule has 0 fully saturated rings. The fourth-order valence-corrected chi connectivity index (χ4v) is 3.17. The number of hydrogen-bond donors (Lipinski definition) is 1. The van der Waals surface area contributed by atoms with Gasteiger partial charge in [-0.15, -0.1) is 0 Å². The Bertz CT molecular complexity index is 335. The summed E-state index contributed by atoms with van der Waals surface area (Å²) in [6.07, 6.45) is 8.97. The molecular weight excluding hydrogens is 242 g/mol. The fraction of sp³-hybridized carbons (Fsp3) is 0.684. The minimum absolute atomic E-state index is 0.509. The lowest BCUT2D eigenvalue weighted by Crippen LogP contribution is -2.25. The molecule has 0 saturated heterocycles. The highest BCUT2D eigenvalue weighted by Crippen LogP contribution is 2.29. The molecule has 0 heterocycles. The van der Waals surface area contributed by atoms with Crippen LogP contribution in [0.1, 0.15) is 76.5 Å². The molecule has 0 aromatic heterocycles. The monoisotopic (exact) mass is 275 g/mol. The largest absolute Gasteiger partial charge is 0.313 e. The Morgan fingerprint density at radius 2 is 1.50 bits per heavy atom. The van der Waals surface area contributed by atoms with E-state index in [-0.39, 0.29) is 0 Å².